The average Bonchev–Trinajstić information content (AvgIpc) is 1.84. The molecular weight excluding hydrogens is 134 g/mol. The molecule has 0 aliphatic rings. The molecule has 0 radical (unpaired) electrons. The number of hydrogen-bond donors (Lipinski definition) is 4. The Morgan fingerprint density at radius 3 is 2.60 bits per heavy atom. The van der Waals surface area contributed by atoms with E-state index >= 15 is 0 Å². The zero-order valence-electron chi connectivity index (χ0n) is 5.09. The van der Waals surface area contributed by atoms with Crippen LogP contribution in [0.15, 0.2) is 10.9 Å². The zero-order valence-corrected chi connectivity index (χ0v) is 5.09. The van der Waals surface area contributed by atoms with Gasteiger partial charge < -0.3 is 21.6 Å². The summed E-state index contributed by atoms with van der Waals surface area (Å²) in [5.74, 6) is -0.281. The van der Waals surface area contributed by atoms with E-state index in [1.54, 1.807) is 0 Å². The molecule has 1 aromatic heterocycles. The van der Waals surface area contributed by atoms with Gasteiger partial charge in [0.15, 0.2) is 5.75 Å². The van der Waals surface area contributed by atoms with Gasteiger partial charge in [-0.15, -0.1) is 0 Å². The first-order valence-corrected chi connectivity index (χ1v) is 2.58. The highest BCUT2D eigenvalue weighted by Crippen LogP contribution is 2.14. The zero-order chi connectivity index (χ0) is 7.72. The van der Waals surface area contributed by atoms with Gasteiger partial charge in [0.25, 0.3) is 5.56 Å². The molecule has 5 heteroatoms. The standard InChI is InChI=1S/C5H7N3O2/c6-2-1-3(9)4(7)8-5(2)10/h1,9H,6H2,(H3,7,8,10). The second-order valence-electron chi connectivity index (χ2n) is 1.85. The van der Waals surface area contributed by atoms with Gasteiger partial charge in [0, 0.05) is 6.07 Å². The molecule has 0 saturated carbocycles. The highest BCUT2D eigenvalue weighted by atomic mass is 16.3. The molecule has 10 heavy (non-hydrogen) atoms. The van der Waals surface area contributed by atoms with Gasteiger partial charge in [-0.1, -0.05) is 0 Å². The summed E-state index contributed by atoms with van der Waals surface area (Å²) in [7, 11) is 0. The topological polar surface area (TPSA) is 105 Å². The molecule has 0 unspecified atom stereocenters. The highest BCUT2D eigenvalue weighted by molar-refractivity contribution is 5.52. The summed E-state index contributed by atoms with van der Waals surface area (Å²) in [4.78, 5) is 12.8. The number of nitrogen functional groups attached to an aromatic ring is 2. The third kappa shape index (κ3) is 0.883. The summed E-state index contributed by atoms with van der Waals surface area (Å²) in [6.45, 7) is 0. The Kier molecular flexibility index (Phi) is 1.26. The van der Waals surface area contributed by atoms with Gasteiger partial charge >= 0.3 is 0 Å². The number of anilines is 2. The van der Waals surface area contributed by atoms with Crippen LogP contribution in [0.25, 0.3) is 0 Å². The second-order valence-corrected chi connectivity index (χ2v) is 1.85. The van der Waals surface area contributed by atoms with Crippen molar-refractivity contribution in [3.05, 3.63) is 16.4 Å². The minimum Gasteiger partial charge on any atom is -0.504 e. The first-order valence-electron chi connectivity index (χ1n) is 2.58. The van der Waals surface area contributed by atoms with Gasteiger partial charge in [0.1, 0.15) is 11.5 Å². The number of rotatable bonds is 0. The maximum absolute atomic E-state index is 10.6. The molecule has 54 valence electrons. The number of nitrogens with two attached hydrogens (primary N) is 2. The highest BCUT2D eigenvalue weighted by Gasteiger charge is 1.99. The quantitative estimate of drug-likeness (QED) is 0.381. The van der Waals surface area contributed by atoms with Crippen molar-refractivity contribution in [1.29, 1.82) is 0 Å². The van der Waals surface area contributed by atoms with Crippen LogP contribution in [-0.2, 0) is 0 Å². The molecule has 5 nitrogen and oxygen atoms in total. The van der Waals surface area contributed by atoms with Crippen LogP contribution in [0.5, 0.6) is 5.75 Å². The Morgan fingerprint density at radius 2 is 2.10 bits per heavy atom. The number of aromatic amines is 1. The lowest BCUT2D eigenvalue weighted by molar-refractivity contribution is 0.476. The largest absolute Gasteiger partial charge is 0.504 e. The fourth-order valence-corrected chi connectivity index (χ4v) is 0.549. The van der Waals surface area contributed by atoms with Crippen molar-refractivity contribution in [2.75, 3.05) is 11.5 Å². The van der Waals surface area contributed by atoms with Crippen LogP contribution in [0.4, 0.5) is 11.5 Å². The Hall–Kier alpha value is -1.65. The molecular formula is C5H7N3O2. The molecule has 0 fully saturated rings. The van der Waals surface area contributed by atoms with Crippen LogP contribution < -0.4 is 17.0 Å². The molecule has 0 saturated heterocycles. The van der Waals surface area contributed by atoms with Gasteiger partial charge in [-0.2, -0.15) is 0 Å². The van der Waals surface area contributed by atoms with E-state index in [1.807, 2.05) is 0 Å². The van der Waals surface area contributed by atoms with E-state index in [1.165, 1.54) is 0 Å². The maximum Gasteiger partial charge on any atom is 0.272 e. The molecule has 0 aliphatic carbocycles. The normalized spacial score (nSPS) is 9.60. The number of H-pyrrole nitrogens is 1. The van der Waals surface area contributed by atoms with Crippen molar-refractivity contribution in [2.24, 2.45) is 0 Å². The Balaban J connectivity index is 3.43. The third-order valence-corrected chi connectivity index (χ3v) is 1.08. The van der Waals surface area contributed by atoms with Crippen LogP contribution >= 0.6 is 0 Å². The van der Waals surface area contributed by atoms with Gasteiger partial charge in [-0.05, 0) is 0 Å². The Labute approximate surface area is 56.3 Å². The summed E-state index contributed by atoms with van der Waals surface area (Å²) in [6.07, 6.45) is 0. The first-order chi connectivity index (χ1) is 4.61. The first kappa shape index (κ1) is 6.47. The SMILES string of the molecule is Nc1[nH]c(=O)c(N)cc1O. The lowest BCUT2D eigenvalue weighted by atomic mass is 10.4. The molecule has 1 rings (SSSR count). The van der Waals surface area contributed by atoms with E-state index in [0.29, 0.717) is 0 Å². The summed E-state index contributed by atoms with van der Waals surface area (Å²) in [6, 6.07) is 1.11. The van der Waals surface area contributed by atoms with Crippen molar-refractivity contribution in [3.63, 3.8) is 0 Å². The average molecular weight is 141 g/mol. The van der Waals surface area contributed by atoms with Crippen LogP contribution in [0.1, 0.15) is 0 Å². The van der Waals surface area contributed by atoms with Crippen LogP contribution in [0.3, 0.4) is 0 Å². The van der Waals surface area contributed by atoms with E-state index in [0.717, 1.165) is 6.07 Å². The van der Waals surface area contributed by atoms with E-state index in [-0.39, 0.29) is 17.3 Å². The molecule has 0 spiro atoms. The van der Waals surface area contributed by atoms with Crippen LogP contribution in [-0.4, -0.2) is 10.1 Å². The molecule has 0 atom stereocenters. The summed E-state index contributed by atoms with van der Waals surface area (Å²) in [5, 5.41) is 8.85. The summed E-state index contributed by atoms with van der Waals surface area (Å²) >= 11 is 0. The van der Waals surface area contributed by atoms with Crippen molar-refractivity contribution < 1.29 is 5.11 Å². The van der Waals surface area contributed by atoms with Gasteiger partial charge in [0.05, 0.1) is 0 Å². The van der Waals surface area contributed by atoms with Gasteiger partial charge in [-0.25, -0.2) is 0 Å². The number of aromatic nitrogens is 1. The summed E-state index contributed by atoms with van der Waals surface area (Å²) < 4.78 is 0. The predicted octanol–water partition coefficient (Wildman–Crippen LogP) is -0.755. The molecule has 1 heterocycles. The fourth-order valence-electron chi connectivity index (χ4n) is 0.549. The lowest BCUT2D eigenvalue weighted by Gasteiger charge is -1.97. The molecule has 0 aliphatic heterocycles. The van der Waals surface area contributed by atoms with E-state index in [4.69, 9.17) is 16.6 Å². The molecule has 0 aromatic carbocycles. The van der Waals surface area contributed by atoms with Crippen LogP contribution in [0.2, 0.25) is 0 Å². The Bertz CT molecular complexity index is 304. The third-order valence-electron chi connectivity index (χ3n) is 1.08. The van der Waals surface area contributed by atoms with Gasteiger partial charge in [0.2, 0.25) is 0 Å². The smallest absolute Gasteiger partial charge is 0.272 e. The molecule has 0 amide bonds. The van der Waals surface area contributed by atoms with E-state index < -0.39 is 5.56 Å². The lowest BCUT2D eigenvalue weighted by Crippen LogP contribution is -2.12. The number of hydrogen-bond acceptors (Lipinski definition) is 4. The Morgan fingerprint density at radius 1 is 1.50 bits per heavy atom. The number of aromatic hydroxyl groups is 1. The summed E-state index contributed by atoms with van der Waals surface area (Å²) in [5.41, 5.74) is 9.72. The van der Waals surface area contributed by atoms with E-state index in [9.17, 15) is 4.79 Å². The fraction of sp³-hybridized carbons (Fsp3) is 0. The van der Waals surface area contributed by atoms with Crippen molar-refractivity contribution in [2.45, 2.75) is 0 Å². The van der Waals surface area contributed by atoms with Crippen LogP contribution in [0, 0.1) is 0 Å². The van der Waals surface area contributed by atoms with Gasteiger partial charge in [-0.3, -0.25) is 4.79 Å². The van der Waals surface area contributed by atoms with E-state index in [2.05, 4.69) is 4.98 Å². The molecule has 1 aromatic rings. The monoisotopic (exact) mass is 141 g/mol. The minimum absolute atomic E-state index is 0.0494. The van der Waals surface area contributed by atoms with Crippen molar-refractivity contribution >= 4 is 11.5 Å². The number of nitrogens with one attached hydrogen (secondary N) is 1. The van der Waals surface area contributed by atoms with Crippen molar-refractivity contribution in [3.8, 4) is 5.75 Å². The van der Waals surface area contributed by atoms with Crippen molar-refractivity contribution in [1.82, 2.24) is 4.98 Å². The molecule has 6 N–H and O–H groups in total. The molecule has 0 bridgehead atoms. The number of pyridine rings is 1. The second kappa shape index (κ2) is 1.94. The predicted molar refractivity (Wildman–Crippen MR) is 37.6 cm³/mol. The maximum atomic E-state index is 10.6. The minimum atomic E-state index is -0.490.